The quantitative estimate of drug-likeness (QED) is 0.226. The van der Waals surface area contributed by atoms with E-state index >= 15 is 0 Å². The van der Waals surface area contributed by atoms with Crippen LogP contribution >= 0.6 is 0 Å². The lowest BCUT2D eigenvalue weighted by molar-refractivity contribution is -0.105. The third-order valence-corrected chi connectivity index (χ3v) is 12.7. The molecule has 1 fully saturated rings. The molecule has 2 unspecified atom stereocenters. The van der Waals surface area contributed by atoms with Gasteiger partial charge in [0.25, 0.3) is 0 Å². The Morgan fingerprint density at radius 2 is 1.34 bits per heavy atom. The van der Waals surface area contributed by atoms with Crippen molar-refractivity contribution in [3.63, 3.8) is 0 Å². The van der Waals surface area contributed by atoms with E-state index in [2.05, 4.69) is 136 Å². The minimum absolute atomic E-state index is 0.0380. The van der Waals surface area contributed by atoms with Crippen molar-refractivity contribution in [1.82, 2.24) is 0 Å². The fraction of sp³-hybridized carbons (Fsp3) is 0.455. The summed E-state index contributed by atoms with van der Waals surface area (Å²) in [5.41, 5.74) is 17.1. The second-order valence-corrected chi connectivity index (χ2v) is 16.6. The Labute approximate surface area is 266 Å². The van der Waals surface area contributed by atoms with E-state index in [1.807, 2.05) is 0 Å². The van der Waals surface area contributed by atoms with Gasteiger partial charge in [-0.1, -0.05) is 136 Å². The van der Waals surface area contributed by atoms with E-state index in [4.69, 9.17) is 0 Å². The summed E-state index contributed by atoms with van der Waals surface area (Å²) in [5.74, 6) is 4.37. The molecule has 8 rings (SSSR count). The van der Waals surface area contributed by atoms with E-state index in [1.165, 1.54) is 38.6 Å². The zero-order chi connectivity index (χ0) is 31.0. The van der Waals surface area contributed by atoms with Crippen molar-refractivity contribution in [2.45, 2.75) is 92.4 Å². The molecule has 0 aliphatic heterocycles. The van der Waals surface area contributed by atoms with Gasteiger partial charge in [-0.15, -0.1) is 0 Å². The number of hydrogen-bond acceptors (Lipinski definition) is 0. The van der Waals surface area contributed by atoms with E-state index in [0.29, 0.717) is 35.5 Å². The van der Waals surface area contributed by atoms with E-state index in [1.54, 1.807) is 33.4 Å². The van der Waals surface area contributed by atoms with Crippen LogP contribution in [-0.4, -0.2) is 0 Å². The summed E-state index contributed by atoms with van der Waals surface area (Å²) in [7, 11) is 0. The van der Waals surface area contributed by atoms with E-state index in [0.717, 1.165) is 12.3 Å². The first-order chi connectivity index (χ1) is 20.9. The van der Waals surface area contributed by atoms with E-state index < -0.39 is 0 Å². The van der Waals surface area contributed by atoms with Crippen molar-refractivity contribution in [2.75, 3.05) is 0 Å². The van der Waals surface area contributed by atoms with E-state index in [9.17, 15) is 0 Å². The topological polar surface area (TPSA) is 0 Å². The lowest BCUT2D eigenvalue weighted by Gasteiger charge is -2.66. The maximum absolute atomic E-state index is 2.62. The summed E-state index contributed by atoms with van der Waals surface area (Å²) in [6.07, 6.45) is 1.06. The monoisotopic (exact) mass is 578 g/mol. The van der Waals surface area contributed by atoms with Crippen LogP contribution in [0.25, 0.3) is 33.0 Å². The first-order valence-electron chi connectivity index (χ1n) is 17.5. The lowest BCUT2D eigenvalue weighted by Crippen LogP contribution is -2.64. The molecule has 0 amide bonds. The molecule has 4 aromatic carbocycles. The molecule has 4 aliphatic carbocycles. The minimum atomic E-state index is -0.0380. The third kappa shape index (κ3) is 3.26. The van der Waals surface area contributed by atoms with Gasteiger partial charge in [-0.25, -0.2) is 0 Å². The van der Waals surface area contributed by atoms with Crippen molar-refractivity contribution < 1.29 is 0 Å². The van der Waals surface area contributed by atoms with E-state index in [-0.39, 0.29) is 10.8 Å². The summed E-state index contributed by atoms with van der Waals surface area (Å²) in [4.78, 5) is 0. The molecule has 0 N–H and O–H groups in total. The van der Waals surface area contributed by atoms with Gasteiger partial charge in [0.1, 0.15) is 0 Å². The standard InChI is InChI=1S/C44H50/c1-23(2)27-15-17-31-29(21-27)16-18-33-37-35(44(41(31)33)38(25(5)6)36(24(3)4)39(44)26(7)8)20-19-32-34-22-28-13-11-12-14-30(28)40(34)43(9,10)42(32)37/h11-21,23-26,36,38-39H,22H2,1-10H3. The van der Waals surface area contributed by atoms with Crippen molar-refractivity contribution >= 4 is 21.9 Å². The average Bonchev–Trinajstić information content (AvgIpc) is 3.56. The van der Waals surface area contributed by atoms with Crippen molar-refractivity contribution in [3.8, 4) is 11.1 Å². The average molecular weight is 579 g/mol. The molecule has 0 nitrogen and oxygen atoms in total. The zero-order valence-corrected chi connectivity index (χ0v) is 28.6. The molecular formula is C44H50. The van der Waals surface area contributed by atoms with Crippen LogP contribution in [-0.2, 0) is 17.3 Å². The van der Waals surface area contributed by atoms with Gasteiger partial charge in [0.15, 0.2) is 0 Å². The third-order valence-electron chi connectivity index (χ3n) is 12.7. The van der Waals surface area contributed by atoms with Gasteiger partial charge in [-0.05, 0) is 120 Å². The normalized spacial score (nSPS) is 25.7. The Morgan fingerprint density at radius 3 is 2.00 bits per heavy atom. The van der Waals surface area contributed by atoms with Gasteiger partial charge in [-0.3, -0.25) is 0 Å². The predicted octanol–water partition coefficient (Wildman–Crippen LogP) is 11.8. The first kappa shape index (κ1) is 28.4. The smallest absolute Gasteiger partial charge is 0.0288 e. The Kier molecular flexibility index (Phi) is 5.94. The summed E-state index contributed by atoms with van der Waals surface area (Å²) >= 11 is 0. The fourth-order valence-electron chi connectivity index (χ4n) is 11.4. The summed E-state index contributed by atoms with van der Waals surface area (Å²) in [5, 5.41) is 2.92. The molecular weight excluding hydrogens is 528 g/mol. The van der Waals surface area contributed by atoms with Crippen LogP contribution in [0.3, 0.4) is 0 Å². The Bertz CT molecular complexity index is 1870. The highest BCUT2D eigenvalue weighted by Crippen LogP contribution is 2.74. The van der Waals surface area contributed by atoms with Crippen LogP contribution in [0.15, 0.2) is 66.7 Å². The molecule has 0 aromatic heterocycles. The predicted molar refractivity (Wildman–Crippen MR) is 189 cm³/mol. The molecule has 1 spiro atoms. The molecule has 0 bridgehead atoms. The molecule has 0 heterocycles. The molecule has 44 heavy (non-hydrogen) atoms. The first-order valence-corrected chi connectivity index (χ1v) is 17.5. The Hall–Kier alpha value is -3.12. The Balaban J connectivity index is 1.48. The van der Waals surface area contributed by atoms with Crippen molar-refractivity contribution in [2.24, 2.45) is 35.5 Å². The maximum Gasteiger partial charge on any atom is 0.0288 e. The number of hydrogen-bond donors (Lipinski definition) is 0. The van der Waals surface area contributed by atoms with Crippen molar-refractivity contribution in [3.05, 3.63) is 106 Å². The van der Waals surface area contributed by atoms with Gasteiger partial charge in [0, 0.05) is 10.8 Å². The zero-order valence-electron chi connectivity index (χ0n) is 28.6. The van der Waals surface area contributed by atoms with Crippen LogP contribution < -0.4 is 0 Å². The fourth-order valence-corrected chi connectivity index (χ4v) is 11.4. The highest BCUT2D eigenvalue weighted by atomic mass is 14.7. The number of rotatable bonds is 4. The second kappa shape index (κ2) is 9.22. The largest absolute Gasteiger partial charge is 0.0625 e. The molecule has 2 atom stereocenters. The number of fused-ring (bicyclic) bond motifs is 12. The molecule has 0 heteroatoms. The van der Waals surface area contributed by atoms with Crippen LogP contribution in [0.4, 0.5) is 0 Å². The summed E-state index contributed by atoms with van der Waals surface area (Å²) < 4.78 is 0. The van der Waals surface area contributed by atoms with Gasteiger partial charge < -0.3 is 0 Å². The minimum Gasteiger partial charge on any atom is -0.0625 e. The molecule has 0 radical (unpaired) electrons. The molecule has 4 aromatic rings. The van der Waals surface area contributed by atoms with Gasteiger partial charge in [0.2, 0.25) is 0 Å². The SMILES string of the molecule is CC(C)c1ccc2c3c(ccc2c1)-c1c(ccc2c1C(C)(C)C1=C2Cc2ccccc21)C31C(C(C)C)C(C(C)C)C1C(C)C. The van der Waals surface area contributed by atoms with Crippen LogP contribution in [0.1, 0.15) is 114 Å². The summed E-state index contributed by atoms with van der Waals surface area (Å²) in [6.45, 7) is 24.7. The van der Waals surface area contributed by atoms with Crippen LogP contribution in [0.2, 0.25) is 0 Å². The summed E-state index contributed by atoms with van der Waals surface area (Å²) in [6, 6.07) is 26.8. The highest BCUT2D eigenvalue weighted by Gasteiger charge is 2.68. The van der Waals surface area contributed by atoms with Gasteiger partial charge >= 0.3 is 0 Å². The molecule has 1 saturated carbocycles. The lowest BCUT2D eigenvalue weighted by atomic mass is 9.37. The van der Waals surface area contributed by atoms with Gasteiger partial charge in [-0.2, -0.15) is 0 Å². The van der Waals surface area contributed by atoms with Gasteiger partial charge in [0.05, 0.1) is 0 Å². The Morgan fingerprint density at radius 1 is 0.659 bits per heavy atom. The van der Waals surface area contributed by atoms with Crippen LogP contribution in [0.5, 0.6) is 0 Å². The molecule has 4 aliphatic rings. The van der Waals surface area contributed by atoms with Crippen LogP contribution in [0, 0.1) is 35.5 Å². The maximum atomic E-state index is 2.62. The second-order valence-electron chi connectivity index (χ2n) is 16.6. The van der Waals surface area contributed by atoms with Crippen molar-refractivity contribution in [1.29, 1.82) is 0 Å². The number of allylic oxidation sites excluding steroid dienone is 2. The molecule has 226 valence electrons. The number of benzene rings is 4. The highest BCUT2D eigenvalue weighted by molar-refractivity contribution is 6.10. The molecule has 0 saturated heterocycles.